The molecule has 0 radical (unpaired) electrons. The standard InChI is InChI=1S/C14H19N3O2/c1-10(2)18-8-7-13-16-14(17-19-13)12-5-3-11(9-15)4-6-12/h3-6,10H,7-9,15H2,1-2H3. The molecule has 1 heterocycles. The number of benzene rings is 1. The van der Waals surface area contributed by atoms with E-state index in [1.54, 1.807) is 0 Å². The summed E-state index contributed by atoms with van der Waals surface area (Å²) in [4.78, 5) is 4.34. The molecule has 2 N–H and O–H groups in total. The molecule has 0 aliphatic heterocycles. The van der Waals surface area contributed by atoms with E-state index < -0.39 is 0 Å². The molecular formula is C14H19N3O2. The maximum atomic E-state index is 5.56. The minimum absolute atomic E-state index is 0.214. The summed E-state index contributed by atoms with van der Waals surface area (Å²) in [7, 11) is 0. The lowest BCUT2D eigenvalue weighted by Gasteiger charge is -2.04. The van der Waals surface area contributed by atoms with E-state index in [1.165, 1.54) is 0 Å². The highest BCUT2D eigenvalue weighted by atomic mass is 16.5. The van der Waals surface area contributed by atoms with Crippen LogP contribution in [0.25, 0.3) is 11.4 Å². The van der Waals surface area contributed by atoms with Gasteiger partial charge in [-0.05, 0) is 19.4 Å². The van der Waals surface area contributed by atoms with Crippen molar-refractivity contribution < 1.29 is 9.26 Å². The number of nitrogens with two attached hydrogens (primary N) is 1. The van der Waals surface area contributed by atoms with E-state index in [-0.39, 0.29) is 6.10 Å². The van der Waals surface area contributed by atoms with Gasteiger partial charge in [-0.1, -0.05) is 29.4 Å². The van der Waals surface area contributed by atoms with Crippen molar-refractivity contribution in [3.8, 4) is 11.4 Å². The summed E-state index contributed by atoms with van der Waals surface area (Å²) >= 11 is 0. The molecule has 1 aromatic heterocycles. The van der Waals surface area contributed by atoms with Crippen LogP contribution in [-0.4, -0.2) is 22.9 Å². The van der Waals surface area contributed by atoms with Crippen LogP contribution in [0.3, 0.4) is 0 Å². The Morgan fingerprint density at radius 2 is 2.00 bits per heavy atom. The third kappa shape index (κ3) is 3.87. The van der Waals surface area contributed by atoms with Crippen molar-refractivity contribution in [3.63, 3.8) is 0 Å². The Hall–Kier alpha value is -1.72. The monoisotopic (exact) mass is 261 g/mol. The van der Waals surface area contributed by atoms with E-state index in [4.69, 9.17) is 15.0 Å². The Morgan fingerprint density at radius 3 is 2.63 bits per heavy atom. The molecule has 0 spiro atoms. The molecule has 102 valence electrons. The molecule has 19 heavy (non-hydrogen) atoms. The zero-order valence-electron chi connectivity index (χ0n) is 11.3. The summed E-state index contributed by atoms with van der Waals surface area (Å²) in [5, 5.41) is 3.97. The van der Waals surface area contributed by atoms with Crippen LogP contribution in [0.15, 0.2) is 28.8 Å². The summed E-state index contributed by atoms with van der Waals surface area (Å²) in [6.07, 6.45) is 0.845. The van der Waals surface area contributed by atoms with Crippen molar-refractivity contribution in [3.05, 3.63) is 35.7 Å². The summed E-state index contributed by atoms with van der Waals surface area (Å²) < 4.78 is 10.6. The van der Waals surface area contributed by atoms with Gasteiger partial charge in [0.25, 0.3) is 0 Å². The number of rotatable bonds is 6. The van der Waals surface area contributed by atoms with Crippen molar-refractivity contribution in [2.24, 2.45) is 5.73 Å². The molecule has 5 nitrogen and oxygen atoms in total. The highest BCUT2D eigenvalue weighted by molar-refractivity contribution is 5.54. The molecule has 1 aromatic carbocycles. The van der Waals surface area contributed by atoms with Gasteiger partial charge in [-0.15, -0.1) is 0 Å². The molecule has 0 fully saturated rings. The van der Waals surface area contributed by atoms with Crippen LogP contribution >= 0.6 is 0 Å². The molecule has 5 heteroatoms. The van der Waals surface area contributed by atoms with E-state index in [2.05, 4.69) is 10.1 Å². The van der Waals surface area contributed by atoms with Crippen molar-refractivity contribution in [1.29, 1.82) is 0 Å². The summed E-state index contributed by atoms with van der Waals surface area (Å²) in [6.45, 7) is 5.12. The third-order valence-electron chi connectivity index (χ3n) is 2.68. The first-order chi connectivity index (χ1) is 9.19. The Labute approximate surface area is 112 Å². The van der Waals surface area contributed by atoms with Crippen molar-refractivity contribution in [1.82, 2.24) is 10.1 Å². The lowest BCUT2D eigenvalue weighted by molar-refractivity contribution is 0.0773. The smallest absolute Gasteiger partial charge is 0.229 e. The van der Waals surface area contributed by atoms with Gasteiger partial charge in [0.1, 0.15) is 0 Å². The van der Waals surface area contributed by atoms with Gasteiger partial charge in [0.15, 0.2) is 0 Å². The number of ether oxygens (including phenoxy) is 1. The van der Waals surface area contributed by atoms with Gasteiger partial charge in [0.2, 0.25) is 11.7 Å². The molecule has 2 rings (SSSR count). The second-order valence-electron chi connectivity index (χ2n) is 4.58. The van der Waals surface area contributed by atoms with E-state index in [9.17, 15) is 0 Å². The molecule has 0 saturated heterocycles. The first-order valence-corrected chi connectivity index (χ1v) is 6.42. The first kappa shape index (κ1) is 13.7. The van der Waals surface area contributed by atoms with E-state index in [0.29, 0.717) is 31.3 Å². The SMILES string of the molecule is CC(C)OCCc1nc(-c2ccc(CN)cc2)no1. The van der Waals surface area contributed by atoms with Gasteiger partial charge in [-0.3, -0.25) is 0 Å². The Morgan fingerprint density at radius 1 is 1.26 bits per heavy atom. The molecule has 0 atom stereocenters. The maximum absolute atomic E-state index is 5.56. The quantitative estimate of drug-likeness (QED) is 0.862. The number of nitrogens with zero attached hydrogens (tertiary/aromatic N) is 2. The van der Waals surface area contributed by atoms with Crippen LogP contribution in [0.4, 0.5) is 0 Å². The van der Waals surface area contributed by atoms with Crippen LogP contribution in [0, 0.1) is 0 Å². The fourth-order valence-electron chi connectivity index (χ4n) is 1.65. The lowest BCUT2D eigenvalue weighted by atomic mass is 10.1. The van der Waals surface area contributed by atoms with Crippen LogP contribution in [0.2, 0.25) is 0 Å². The maximum Gasteiger partial charge on any atom is 0.229 e. The molecular weight excluding hydrogens is 242 g/mol. The highest BCUT2D eigenvalue weighted by Gasteiger charge is 2.08. The lowest BCUT2D eigenvalue weighted by Crippen LogP contribution is -2.06. The first-order valence-electron chi connectivity index (χ1n) is 6.42. The fourth-order valence-corrected chi connectivity index (χ4v) is 1.65. The van der Waals surface area contributed by atoms with E-state index in [0.717, 1.165) is 11.1 Å². The number of aromatic nitrogens is 2. The fraction of sp³-hybridized carbons (Fsp3) is 0.429. The Bertz CT molecular complexity index is 506. The van der Waals surface area contributed by atoms with Gasteiger partial charge in [-0.25, -0.2) is 0 Å². The minimum atomic E-state index is 0.214. The number of hydrogen-bond donors (Lipinski definition) is 1. The average molecular weight is 261 g/mol. The molecule has 0 saturated carbocycles. The Balaban J connectivity index is 1.99. The normalized spacial score (nSPS) is 11.2. The molecule has 0 amide bonds. The predicted octanol–water partition coefficient (Wildman–Crippen LogP) is 2.16. The van der Waals surface area contributed by atoms with Gasteiger partial charge >= 0.3 is 0 Å². The number of hydrogen-bond acceptors (Lipinski definition) is 5. The van der Waals surface area contributed by atoms with Crippen molar-refractivity contribution in [2.45, 2.75) is 32.9 Å². The van der Waals surface area contributed by atoms with Crippen LogP contribution in [0.5, 0.6) is 0 Å². The Kier molecular flexibility index (Phi) is 4.65. The average Bonchev–Trinajstić information content (AvgIpc) is 2.87. The van der Waals surface area contributed by atoms with Crippen molar-refractivity contribution >= 4 is 0 Å². The highest BCUT2D eigenvalue weighted by Crippen LogP contribution is 2.16. The zero-order chi connectivity index (χ0) is 13.7. The zero-order valence-corrected chi connectivity index (χ0v) is 11.3. The van der Waals surface area contributed by atoms with Gasteiger partial charge in [0, 0.05) is 12.1 Å². The van der Waals surface area contributed by atoms with Gasteiger partial charge in [0.05, 0.1) is 19.1 Å². The topological polar surface area (TPSA) is 74.2 Å². The van der Waals surface area contributed by atoms with Crippen LogP contribution < -0.4 is 5.73 Å². The molecule has 0 aliphatic carbocycles. The van der Waals surface area contributed by atoms with Gasteiger partial charge in [-0.2, -0.15) is 4.98 Å². The van der Waals surface area contributed by atoms with E-state index in [1.807, 2.05) is 38.1 Å². The summed E-state index contributed by atoms with van der Waals surface area (Å²) in [6, 6.07) is 7.82. The largest absolute Gasteiger partial charge is 0.378 e. The summed E-state index contributed by atoms with van der Waals surface area (Å²) in [5.41, 5.74) is 7.57. The summed E-state index contributed by atoms with van der Waals surface area (Å²) in [5.74, 6) is 1.20. The molecule has 2 aromatic rings. The van der Waals surface area contributed by atoms with Crippen LogP contribution in [-0.2, 0) is 17.7 Å². The van der Waals surface area contributed by atoms with Gasteiger partial charge < -0.3 is 15.0 Å². The minimum Gasteiger partial charge on any atom is -0.378 e. The third-order valence-corrected chi connectivity index (χ3v) is 2.68. The molecule has 0 unspecified atom stereocenters. The predicted molar refractivity (Wildman–Crippen MR) is 72.4 cm³/mol. The van der Waals surface area contributed by atoms with Crippen LogP contribution in [0.1, 0.15) is 25.3 Å². The van der Waals surface area contributed by atoms with Crippen molar-refractivity contribution in [2.75, 3.05) is 6.61 Å². The van der Waals surface area contributed by atoms with E-state index >= 15 is 0 Å². The second kappa shape index (κ2) is 6.45. The molecule has 0 bridgehead atoms. The molecule has 0 aliphatic rings. The second-order valence-corrected chi connectivity index (χ2v) is 4.58.